The van der Waals surface area contributed by atoms with Crippen molar-refractivity contribution in [1.29, 1.82) is 0 Å². The summed E-state index contributed by atoms with van der Waals surface area (Å²) in [6, 6.07) is 5.09. The first kappa shape index (κ1) is 10.4. The first-order valence-electron chi connectivity index (χ1n) is 4.79. The number of carboxylic acid groups (broad SMARTS) is 1. The number of aromatic carboxylic acids is 1. The Bertz CT molecular complexity index is 546. The Kier molecular flexibility index (Phi) is 2.44. The van der Waals surface area contributed by atoms with Crippen molar-refractivity contribution >= 4 is 5.97 Å². The van der Waals surface area contributed by atoms with Crippen LogP contribution in [0.25, 0.3) is 11.4 Å². The molecule has 2 rings (SSSR count). The summed E-state index contributed by atoms with van der Waals surface area (Å²) in [6.07, 6.45) is 1.68. The van der Waals surface area contributed by atoms with Gasteiger partial charge in [0.1, 0.15) is 0 Å². The molecule has 0 bridgehead atoms. The highest BCUT2D eigenvalue weighted by Gasteiger charge is 2.10. The molecule has 0 aliphatic heterocycles. The van der Waals surface area contributed by atoms with Crippen LogP contribution in [0.3, 0.4) is 0 Å². The maximum Gasteiger partial charge on any atom is 0.337 e. The van der Waals surface area contributed by atoms with Crippen LogP contribution in [0.5, 0.6) is 0 Å². The lowest BCUT2D eigenvalue weighted by Gasteiger charge is -2.04. The molecule has 0 saturated heterocycles. The summed E-state index contributed by atoms with van der Waals surface area (Å²) in [4.78, 5) is 15.1. The summed E-state index contributed by atoms with van der Waals surface area (Å²) in [5, 5.41) is 12.9. The van der Waals surface area contributed by atoms with Crippen molar-refractivity contribution in [3.05, 3.63) is 35.7 Å². The molecule has 82 valence electrons. The highest BCUT2D eigenvalue weighted by Crippen LogP contribution is 2.17. The van der Waals surface area contributed by atoms with Crippen LogP contribution in [-0.4, -0.2) is 25.8 Å². The summed E-state index contributed by atoms with van der Waals surface area (Å²) < 4.78 is 1.70. The minimum Gasteiger partial charge on any atom is -0.478 e. The van der Waals surface area contributed by atoms with Gasteiger partial charge in [0.25, 0.3) is 0 Å². The summed E-state index contributed by atoms with van der Waals surface area (Å²) in [5.74, 6) is -0.957. The van der Waals surface area contributed by atoms with Gasteiger partial charge in [-0.25, -0.2) is 4.79 Å². The maximum atomic E-state index is 10.8. The van der Waals surface area contributed by atoms with Crippen molar-refractivity contribution in [3.8, 4) is 11.4 Å². The lowest BCUT2D eigenvalue weighted by atomic mass is 10.1. The largest absolute Gasteiger partial charge is 0.478 e. The summed E-state index contributed by atoms with van der Waals surface area (Å²) in [5.41, 5.74) is 2.32. The van der Waals surface area contributed by atoms with Crippen LogP contribution in [0.2, 0.25) is 0 Å². The highest BCUT2D eigenvalue weighted by atomic mass is 16.4. The number of nitrogens with zero attached hydrogens (tertiary/aromatic N) is 3. The van der Waals surface area contributed by atoms with E-state index in [0.29, 0.717) is 5.69 Å². The van der Waals surface area contributed by atoms with E-state index in [1.165, 1.54) is 0 Å². The van der Waals surface area contributed by atoms with Crippen LogP contribution in [0.4, 0.5) is 0 Å². The van der Waals surface area contributed by atoms with Crippen LogP contribution in [0.15, 0.2) is 24.4 Å². The summed E-state index contributed by atoms with van der Waals surface area (Å²) in [7, 11) is 1.82. The van der Waals surface area contributed by atoms with Gasteiger partial charge in [0, 0.05) is 13.2 Å². The highest BCUT2D eigenvalue weighted by molar-refractivity contribution is 5.89. The summed E-state index contributed by atoms with van der Waals surface area (Å²) in [6.45, 7) is 1.68. The van der Waals surface area contributed by atoms with E-state index in [1.54, 1.807) is 29.9 Å². The predicted molar refractivity (Wildman–Crippen MR) is 58.1 cm³/mol. The molecule has 2 heterocycles. The molecule has 0 spiro atoms. The zero-order valence-electron chi connectivity index (χ0n) is 9.01. The topological polar surface area (TPSA) is 68.0 Å². The molecule has 0 saturated carbocycles. The van der Waals surface area contributed by atoms with Crippen LogP contribution in [0.1, 0.15) is 16.1 Å². The molecule has 5 heteroatoms. The Morgan fingerprint density at radius 1 is 1.38 bits per heavy atom. The molecular formula is C11H11N3O2. The molecule has 1 N–H and O–H groups in total. The average molecular weight is 217 g/mol. The fraction of sp³-hybridized carbons (Fsp3) is 0.182. The normalized spacial score (nSPS) is 10.4. The maximum absolute atomic E-state index is 10.8. The number of carboxylic acids is 1. The molecule has 16 heavy (non-hydrogen) atoms. The molecule has 5 nitrogen and oxygen atoms in total. The summed E-state index contributed by atoms with van der Waals surface area (Å²) >= 11 is 0. The number of carbonyl (C=O) groups is 1. The second kappa shape index (κ2) is 3.77. The van der Waals surface area contributed by atoms with Gasteiger partial charge >= 0.3 is 5.97 Å². The number of rotatable bonds is 2. The van der Waals surface area contributed by atoms with E-state index in [0.717, 1.165) is 11.4 Å². The number of pyridine rings is 1. The zero-order valence-corrected chi connectivity index (χ0v) is 9.01. The lowest BCUT2D eigenvalue weighted by molar-refractivity contribution is 0.0695. The Morgan fingerprint density at radius 3 is 2.62 bits per heavy atom. The molecule has 0 aliphatic rings. The van der Waals surface area contributed by atoms with E-state index in [9.17, 15) is 4.79 Å². The van der Waals surface area contributed by atoms with Crippen molar-refractivity contribution in [2.24, 2.45) is 7.05 Å². The van der Waals surface area contributed by atoms with Crippen molar-refractivity contribution in [3.63, 3.8) is 0 Å². The smallest absolute Gasteiger partial charge is 0.337 e. The average Bonchev–Trinajstić information content (AvgIpc) is 2.63. The third kappa shape index (κ3) is 1.67. The first-order valence-corrected chi connectivity index (χ1v) is 4.79. The van der Waals surface area contributed by atoms with Crippen molar-refractivity contribution in [2.45, 2.75) is 6.92 Å². The van der Waals surface area contributed by atoms with E-state index < -0.39 is 5.97 Å². The van der Waals surface area contributed by atoms with Gasteiger partial charge in [-0.15, -0.1) is 0 Å². The Hall–Kier alpha value is -2.17. The van der Waals surface area contributed by atoms with Crippen molar-refractivity contribution < 1.29 is 9.90 Å². The van der Waals surface area contributed by atoms with E-state index in [2.05, 4.69) is 10.1 Å². The van der Waals surface area contributed by atoms with Gasteiger partial charge in [0.2, 0.25) is 0 Å². The van der Waals surface area contributed by atoms with E-state index in [1.807, 2.05) is 13.1 Å². The van der Waals surface area contributed by atoms with Gasteiger partial charge in [-0.1, -0.05) is 0 Å². The Balaban J connectivity index is 2.50. The van der Waals surface area contributed by atoms with E-state index in [-0.39, 0.29) is 5.56 Å². The fourth-order valence-corrected chi connectivity index (χ4v) is 1.55. The van der Waals surface area contributed by atoms with Gasteiger partial charge in [0.15, 0.2) is 0 Å². The van der Waals surface area contributed by atoms with Crippen LogP contribution < -0.4 is 0 Å². The van der Waals surface area contributed by atoms with Gasteiger partial charge in [-0.2, -0.15) is 5.10 Å². The Labute approximate surface area is 92.4 Å². The predicted octanol–water partition coefficient (Wildman–Crippen LogP) is 1.49. The minimum absolute atomic E-state index is 0.228. The van der Waals surface area contributed by atoms with Crippen molar-refractivity contribution in [1.82, 2.24) is 14.8 Å². The van der Waals surface area contributed by atoms with Crippen LogP contribution >= 0.6 is 0 Å². The molecule has 0 fully saturated rings. The minimum atomic E-state index is -0.957. The molecule has 2 aromatic rings. The quantitative estimate of drug-likeness (QED) is 0.827. The van der Waals surface area contributed by atoms with Gasteiger partial charge in [-0.3, -0.25) is 9.67 Å². The second-order valence-corrected chi connectivity index (χ2v) is 3.47. The molecule has 0 aromatic carbocycles. The third-order valence-electron chi connectivity index (χ3n) is 2.40. The number of hydrogen-bond acceptors (Lipinski definition) is 3. The van der Waals surface area contributed by atoms with Gasteiger partial charge in [-0.05, 0) is 25.1 Å². The van der Waals surface area contributed by atoms with Crippen LogP contribution in [-0.2, 0) is 7.05 Å². The molecule has 2 aromatic heterocycles. The molecule has 0 atom stereocenters. The Morgan fingerprint density at radius 2 is 2.12 bits per heavy atom. The monoisotopic (exact) mass is 217 g/mol. The van der Waals surface area contributed by atoms with E-state index in [4.69, 9.17) is 5.11 Å². The standard InChI is InChI=1S/C11H11N3O2/c1-7-8(11(15)16)3-4-9(13-7)10-5-6-12-14(10)2/h3-6H,1-2H3,(H,15,16). The molecular weight excluding hydrogens is 206 g/mol. The van der Waals surface area contributed by atoms with E-state index >= 15 is 0 Å². The molecule has 0 amide bonds. The number of aryl methyl sites for hydroxylation is 2. The lowest BCUT2D eigenvalue weighted by Crippen LogP contribution is -2.03. The number of aromatic nitrogens is 3. The molecule has 0 aliphatic carbocycles. The second-order valence-electron chi connectivity index (χ2n) is 3.47. The first-order chi connectivity index (χ1) is 7.59. The fourth-order valence-electron chi connectivity index (χ4n) is 1.55. The molecule has 0 unspecified atom stereocenters. The number of hydrogen-bond donors (Lipinski definition) is 1. The van der Waals surface area contributed by atoms with Crippen molar-refractivity contribution in [2.75, 3.05) is 0 Å². The van der Waals surface area contributed by atoms with Crippen LogP contribution in [0, 0.1) is 6.92 Å². The van der Waals surface area contributed by atoms with Gasteiger partial charge < -0.3 is 5.11 Å². The molecule has 0 radical (unpaired) electrons. The zero-order chi connectivity index (χ0) is 11.7. The van der Waals surface area contributed by atoms with Gasteiger partial charge in [0.05, 0.1) is 22.6 Å². The third-order valence-corrected chi connectivity index (χ3v) is 2.40. The SMILES string of the molecule is Cc1nc(-c2ccnn2C)ccc1C(=O)O.